The Balaban J connectivity index is 0.00000320. The zero-order valence-corrected chi connectivity index (χ0v) is 19.6. The number of nitrogens with one attached hydrogen (secondary N) is 2. The van der Waals surface area contributed by atoms with Gasteiger partial charge in [-0.05, 0) is 36.8 Å². The molecule has 7 nitrogen and oxygen atoms in total. The molecule has 0 spiro atoms. The molecule has 0 fully saturated rings. The minimum absolute atomic E-state index is 0. The van der Waals surface area contributed by atoms with E-state index in [-0.39, 0.29) is 24.0 Å². The molecule has 2 N–H and O–H groups in total. The first-order chi connectivity index (χ1) is 14.3. The van der Waals surface area contributed by atoms with Crippen LogP contribution in [0, 0.1) is 0 Å². The largest absolute Gasteiger partial charge is 0.490 e. The summed E-state index contributed by atoms with van der Waals surface area (Å²) in [5, 5.41) is 6.59. The number of guanidine groups is 1. The molecule has 0 amide bonds. The summed E-state index contributed by atoms with van der Waals surface area (Å²) in [4.78, 5) is 8.64. The van der Waals surface area contributed by atoms with Gasteiger partial charge in [0.05, 0.1) is 6.61 Å². The third-order valence-electron chi connectivity index (χ3n) is 4.17. The predicted molar refractivity (Wildman–Crippen MR) is 130 cm³/mol. The van der Waals surface area contributed by atoms with Crippen LogP contribution >= 0.6 is 24.0 Å². The molecule has 0 saturated carbocycles. The zero-order valence-electron chi connectivity index (χ0n) is 17.2. The zero-order chi connectivity index (χ0) is 20.3. The fraction of sp³-hybridized carbons (Fsp3) is 0.273. The topological polar surface area (TPSA) is 72.7 Å². The van der Waals surface area contributed by atoms with Gasteiger partial charge >= 0.3 is 0 Å². The summed E-state index contributed by atoms with van der Waals surface area (Å²) in [5.41, 5.74) is 1.03. The van der Waals surface area contributed by atoms with Crippen LogP contribution in [0.3, 0.4) is 0 Å². The van der Waals surface area contributed by atoms with Gasteiger partial charge in [-0.2, -0.15) is 0 Å². The molecule has 1 aromatic carbocycles. The molecular formula is C22H28IN5O2. The van der Waals surface area contributed by atoms with E-state index < -0.39 is 0 Å². The fourth-order valence-corrected chi connectivity index (χ4v) is 2.73. The number of halogens is 1. The van der Waals surface area contributed by atoms with Gasteiger partial charge in [-0.15, -0.1) is 24.0 Å². The lowest BCUT2D eigenvalue weighted by Gasteiger charge is -2.13. The van der Waals surface area contributed by atoms with E-state index in [1.54, 1.807) is 13.2 Å². The molecule has 0 bridgehead atoms. The van der Waals surface area contributed by atoms with Crippen LogP contribution in [-0.4, -0.2) is 35.7 Å². The molecule has 3 rings (SSSR count). The van der Waals surface area contributed by atoms with Crippen molar-refractivity contribution in [3.63, 3.8) is 0 Å². The number of nitrogens with zero attached hydrogens (tertiary/aromatic N) is 3. The number of pyridine rings is 1. The average molecular weight is 521 g/mol. The number of aliphatic imine (C=N–C) groups is 1. The molecule has 2 aromatic heterocycles. The summed E-state index contributed by atoms with van der Waals surface area (Å²) >= 11 is 0. The van der Waals surface area contributed by atoms with E-state index in [0.717, 1.165) is 24.6 Å². The SMILES string of the molecule is CCOc1ccccc1Oc1ccc(CNC(=NC)NCCn2cccc2)cn1.I. The van der Waals surface area contributed by atoms with Gasteiger partial charge in [0, 0.05) is 51.3 Å². The quantitative estimate of drug-likeness (QED) is 0.253. The van der Waals surface area contributed by atoms with Crippen molar-refractivity contribution in [2.24, 2.45) is 4.99 Å². The minimum atomic E-state index is 0. The van der Waals surface area contributed by atoms with Crippen molar-refractivity contribution in [2.45, 2.75) is 20.0 Å². The summed E-state index contributed by atoms with van der Waals surface area (Å²) in [5.74, 6) is 2.63. The Morgan fingerprint density at radius 1 is 1.03 bits per heavy atom. The van der Waals surface area contributed by atoms with Gasteiger partial charge in [-0.1, -0.05) is 18.2 Å². The predicted octanol–water partition coefficient (Wildman–Crippen LogP) is 4.06. The molecule has 0 radical (unpaired) electrons. The van der Waals surface area contributed by atoms with Crippen LogP contribution < -0.4 is 20.1 Å². The molecule has 0 atom stereocenters. The monoisotopic (exact) mass is 521 g/mol. The standard InChI is InChI=1S/C22H27N5O2.HI/c1-3-28-19-8-4-5-9-20(19)29-21-11-10-18(16-25-21)17-26-22(23-2)24-12-15-27-13-6-7-14-27;/h4-11,13-14,16H,3,12,15,17H2,1-2H3,(H2,23,24,26);1H. The average Bonchev–Trinajstić information content (AvgIpc) is 3.27. The Morgan fingerprint density at radius 3 is 2.47 bits per heavy atom. The number of benzene rings is 1. The van der Waals surface area contributed by atoms with E-state index in [0.29, 0.717) is 30.5 Å². The summed E-state index contributed by atoms with van der Waals surface area (Å²) in [6.07, 6.45) is 5.87. The fourth-order valence-electron chi connectivity index (χ4n) is 2.73. The van der Waals surface area contributed by atoms with Crippen molar-refractivity contribution in [2.75, 3.05) is 20.2 Å². The van der Waals surface area contributed by atoms with Gasteiger partial charge in [0.2, 0.25) is 5.88 Å². The highest BCUT2D eigenvalue weighted by Gasteiger charge is 2.06. The Bertz CT molecular complexity index is 898. The first-order valence-electron chi connectivity index (χ1n) is 9.68. The highest BCUT2D eigenvalue weighted by molar-refractivity contribution is 14.0. The smallest absolute Gasteiger partial charge is 0.219 e. The molecule has 0 aliphatic carbocycles. The van der Waals surface area contributed by atoms with Crippen molar-refractivity contribution in [3.05, 3.63) is 72.7 Å². The summed E-state index contributed by atoms with van der Waals surface area (Å²) in [6.45, 7) is 4.81. The maximum atomic E-state index is 5.86. The van der Waals surface area contributed by atoms with Crippen molar-refractivity contribution < 1.29 is 9.47 Å². The van der Waals surface area contributed by atoms with Crippen LogP contribution in [0.25, 0.3) is 0 Å². The van der Waals surface area contributed by atoms with Crippen LogP contribution in [-0.2, 0) is 13.1 Å². The molecule has 8 heteroatoms. The number of para-hydroxylation sites is 2. The lowest BCUT2D eigenvalue weighted by molar-refractivity contribution is 0.319. The van der Waals surface area contributed by atoms with Gasteiger partial charge in [-0.3, -0.25) is 4.99 Å². The Hall–Kier alpha value is -2.75. The van der Waals surface area contributed by atoms with Crippen molar-refractivity contribution in [3.8, 4) is 17.4 Å². The summed E-state index contributed by atoms with van der Waals surface area (Å²) < 4.78 is 13.6. The molecule has 3 aromatic rings. The second kappa shape index (κ2) is 12.7. The first kappa shape index (κ1) is 23.5. The van der Waals surface area contributed by atoms with Crippen LogP contribution in [0.2, 0.25) is 0 Å². The van der Waals surface area contributed by atoms with E-state index in [1.807, 2.05) is 67.8 Å². The number of aromatic nitrogens is 2. The molecular weight excluding hydrogens is 493 g/mol. The van der Waals surface area contributed by atoms with Crippen LogP contribution in [0.15, 0.2) is 72.1 Å². The normalized spacial score (nSPS) is 10.8. The molecule has 2 heterocycles. The van der Waals surface area contributed by atoms with Gasteiger partial charge < -0.3 is 24.7 Å². The van der Waals surface area contributed by atoms with Gasteiger partial charge in [0.25, 0.3) is 0 Å². The Kier molecular flexibility index (Phi) is 9.99. The second-order valence-corrected chi connectivity index (χ2v) is 6.26. The van der Waals surface area contributed by atoms with E-state index >= 15 is 0 Å². The summed E-state index contributed by atoms with van der Waals surface area (Å²) in [6, 6.07) is 15.4. The van der Waals surface area contributed by atoms with E-state index in [4.69, 9.17) is 9.47 Å². The van der Waals surface area contributed by atoms with Gasteiger partial charge in [0.15, 0.2) is 17.5 Å². The van der Waals surface area contributed by atoms with Crippen LogP contribution in [0.4, 0.5) is 0 Å². The number of ether oxygens (including phenoxy) is 2. The molecule has 0 aliphatic rings. The minimum Gasteiger partial charge on any atom is -0.490 e. The second-order valence-electron chi connectivity index (χ2n) is 6.26. The molecule has 0 aliphatic heterocycles. The maximum absolute atomic E-state index is 5.86. The van der Waals surface area contributed by atoms with Gasteiger partial charge in [0.1, 0.15) is 0 Å². The maximum Gasteiger partial charge on any atom is 0.219 e. The molecule has 30 heavy (non-hydrogen) atoms. The van der Waals surface area contributed by atoms with Gasteiger partial charge in [-0.25, -0.2) is 4.98 Å². The molecule has 160 valence electrons. The molecule has 0 unspecified atom stereocenters. The van der Waals surface area contributed by atoms with Crippen molar-refractivity contribution >= 4 is 29.9 Å². The number of hydrogen-bond donors (Lipinski definition) is 2. The third kappa shape index (κ3) is 7.25. The lowest BCUT2D eigenvalue weighted by Crippen LogP contribution is -2.38. The Labute approximate surface area is 194 Å². The van der Waals surface area contributed by atoms with E-state index in [1.165, 1.54) is 0 Å². The van der Waals surface area contributed by atoms with Crippen LogP contribution in [0.1, 0.15) is 12.5 Å². The number of rotatable bonds is 9. The van der Waals surface area contributed by atoms with Crippen LogP contribution in [0.5, 0.6) is 17.4 Å². The first-order valence-corrected chi connectivity index (χ1v) is 9.68. The van der Waals surface area contributed by atoms with Crippen molar-refractivity contribution in [1.29, 1.82) is 0 Å². The highest BCUT2D eigenvalue weighted by Crippen LogP contribution is 2.30. The van der Waals surface area contributed by atoms with E-state index in [9.17, 15) is 0 Å². The number of hydrogen-bond acceptors (Lipinski definition) is 4. The van der Waals surface area contributed by atoms with E-state index in [2.05, 4.69) is 25.2 Å². The molecule has 0 saturated heterocycles. The third-order valence-corrected chi connectivity index (χ3v) is 4.17. The highest BCUT2D eigenvalue weighted by atomic mass is 127. The van der Waals surface area contributed by atoms with Crippen molar-refractivity contribution in [1.82, 2.24) is 20.2 Å². The Morgan fingerprint density at radius 2 is 1.80 bits per heavy atom. The lowest BCUT2D eigenvalue weighted by atomic mass is 10.3. The summed E-state index contributed by atoms with van der Waals surface area (Å²) in [7, 11) is 1.76.